The Kier molecular flexibility index (Phi) is 7.02. The minimum Gasteiger partial charge on any atom is -0.336 e. The van der Waals surface area contributed by atoms with Crippen LogP contribution in [-0.2, 0) is 5.54 Å². The molecule has 1 fully saturated rings. The Balaban J connectivity index is 1.47. The highest BCUT2D eigenvalue weighted by Gasteiger charge is 2.28. The summed E-state index contributed by atoms with van der Waals surface area (Å²) in [4.78, 5) is 22.9. The Bertz CT molecular complexity index is 1280. The maximum Gasteiger partial charge on any atom is 0.253 e. The van der Waals surface area contributed by atoms with Gasteiger partial charge in [0.1, 0.15) is 6.17 Å². The minimum absolute atomic E-state index is 0.143. The van der Waals surface area contributed by atoms with Crippen LogP contribution in [0.15, 0.2) is 48.9 Å². The molecule has 2 aromatic heterocycles. The van der Waals surface area contributed by atoms with E-state index in [1.165, 1.54) is 4.90 Å². The van der Waals surface area contributed by atoms with Crippen LogP contribution in [0.3, 0.4) is 0 Å². The van der Waals surface area contributed by atoms with Gasteiger partial charge in [0.2, 0.25) is 5.95 Å². The van der Waals surface area contributed by atoms with Crippen LogP contribution in [0.1, 0.15) is 43.0 Å². The molecule has 10 heteroatoms. The van der Waals surface area contributed by atoms with Crippen molar-refractivity contribution in [1.82, 2.24) is 24.6 Å². The Labute approximate surface area is 202 Å². The summed E-state index contributed by atoms with van der Waals surface area (Å²) in [6.07, 6.45) is 5.63. The Morgan fingerprint density at radius 3 is 2.74 bits per heavy atom. The Morgan fingerprint density at radius 1 is 1.26 bits per heavy atom. The molecule has 1 aliphatic rings. The summed E-state index contributed by atoms with van der Waals surface area (Å²) < 4.78 is 15.1. The third-order valence-corrected chi connectivity index (χ3v) is 6.13. The molecule has 1 amide bonds. The number of nitrogens with zero attached hydrogens (tertiary/aromatic N) is 7. The quantitative estimate of drug-likeness (QED) is 0.521. The second-order valence-electron chi connectivity index (χ2n) is 8.77. The molecule has 0 saturated carbocycles. The molecule has 3 aromatic rings. The molecule has 178 valence electrons. The number of carbonyl (C=O) groups is 1. The largest absolute Gasteiger partial charge is 0.336 e. The summed E-state index contributed by atoms with van der Waals surface area (Å²) in [7, 11) is 0. The van der Waals surface area contributed by atoms with E-state index in [1.807, 2.05) is 13.1 Å². The van der Waals surface area contributed by atoms with Crippen molar-refractivity contribution in [2.45, 2.75) is 44.3 Å². The van der Waals surface area contributed by atoms with Crippen molar-refractivity contribution >= 4 is 17.5 Å². The Hall–Kier alpha value is -4.31. The van der Waals surface area contributed by atoms with Crippen LogP contribution in [0.25, 0.3) is 11.3 Å². The summed E-state index contributed by atoms with van der Waals surface area (Å²) in [5, 5.41) is 25.8. The number of benzene rings is 1. The maximum absolute atomic E-state index is 13.4. The molecular formula is C25H25FN8O. The van der Waals surface area contributed by atoms with E-state index < -0.39 is 11.7 Å². The lowest BCUT2D eigenvalue weighted by Gasteiger charge is -2.26. The topological polar surface area (TPSA) is 124 Å². The number of amides is 1. The standard InChI is InChI=1S/C25H25FN8O/c1-25(10-12-28,9-2-11-27)34-16-19(15-30-34)22-7-13-29-24(32-22)31-21-5-3-18(4-6-21)23(35)33-14-8-20(26)17-33/h3-7,13,15-16,20H,2,8-10,14,17H2,1H3,(H,29,31,32). The number of anilines is 2. The number of hydrogen-bond acceptors (Lipinski definition) is 7. The summed E-state index contributed by atoms with van der Waals surface area (Å²) in [5.74, 6) is 0.198. The summed E-state index contributed by atoms with van der Waals surface area (Å²) in [6.45, 7) is 2.49. The number of halogens is 1. The number of aromatic nitrogens is 4. The number of carbonyl (C=O) groups excluding carboxylic acids is 1. The smallest absolute Gasteiger partial charge is 0.253 e. The van der Waals surface area contributed by atoms with Crippen molar-refractivity contribution in [3.8, 4) is 23.4 Å². The molecule has 0 aliphatic carbocycles. The van der Waals surface area contributed by atoms with Crippen molar-refractivity contribution in [2.24, 2.45) is 0 Å². The van der Waals surface area contributed by atoms with Crippen molar-refractivity contribution in [1.29, 1.82) is 10.5 Å². The molecule has 2 atom stereocenters. The lowest BCUT2D eigenvalue weighted by molar-refractivity contribution is 0.0783. The van der Waals surface area contributed by atoms with E-state index in [-0.39, 0.29) is 18.9 Å². The van der Waals surface area contributed by atoms with Gasteiger partial charge < -0.3 is 10.2 Å². The summed E-state index contributed by atoms with van der Waals surface area (Å²) >= 11 is 0. The predicted octanol–water partition coefficient (Wildman–Crippen LogP) is 4.20. The van der Waals surface area contributed by atoms with E-state index in [0.717, 1.165) is 5.56 Å². The van der Waals surface area contributed by atoms with E-state index in [9.17, 15) is 14.4 Å². The second-order valence-corrected chi connectivity index (χ2v) is 8.77. The zero-order valence-corrected chi connectivity index (χ0v) is 19.4. The zero-order valence-electron chi connectivity index (χ0n) is 19.4. The highest BCUT2D eigenvalue weighted by molar-refractivity contribution is 5.94. The van der Waals surface area contributed by atoms with E-state index in [1.54, 1.807) is 47.4 Å². The molecule has 2 unspecified atom stereocenters. The maximum atomic E-state index is 13.4. The van der Waals surface area contributed by atoms with Gasteiger partial charge in [-0.15, -0.1) is 0 Å². The molecule has 3 heterocycles. The number of nitriles is 2. The molecule has 4 rings (SSSR count). The fourth-order valence-electron chi connectivity index (χ4n) is 4.02. The summed E-state index contributed by atoms with van der Waals surface area (Å²) in [5.41, 5.74) is 2.03. The van der Waals surface area contributed by atoms with E-state index in [4.69, 9.17) is 5.26 Å². The molecule has 35 heavy (non-hydrogen) atoms. The van der Waals surface area contributed by atoms with Crippen molar-refractivity contribution in [3.05, 3.63) is 54.5 Å². The average molecular weight is 473 g/mol. The zero-order chi connectivity index (χ0) is 24.8. The monoisotopic (exact) mass is 472 g/mol. The predicted molar refractivity (Wildman–Crippen MR) is 127 cm³/mol. The minimum atomic E-state index is -0.950. The highest BCUT2D eigenvalue weighted by atomic mass is 19.1. The van der Waals surface area contributed by atoms with Gasteiger partial charge in [-0.25, -0.2) is 14.4 Å². The van der Waals surface area contributed by atoms with Crippen molar-refractivity contribution in [3.63, 3.8) is 0 Å². The molecule has 1 aromatic carbocycles. The number of nitrogens with one attached hydrogen (secondary N) is 1. The third kappa shape index (κ3) is 5.44. The van der Waals surface area contributed by atoms with Crippen LogP contribution in [0.2, 0.25) is 0 Å². The SMILES string of the molecule is CC(CC#N)(CCC#N)n1cc(-c2ccnc(Nc3ccc(C(=O)N4CCC(F)C4)cc3)n2)cn1. The van der Waals surface area contributed by atoms with Gasteiger partial charge >= 0.3 is 0 Å². The summed E-state index contributed by atoms with van der Waals surface area (Å²) in [6, 6.07) is 13.0. The fourth-order valence-corrected chi connectivity index (χ4v) is 4.02. The average Bonchev–Trinajstić information content (AvgIpc) is 3.53. The normalized spacial score (nSPS) is 16.8. The first kappa shape index (κ1) is 23.8. The van der Waals surface area contributed by atoms with Gasteiger partial charge in [-0.2, -0.15) is 15.6 Å². The number of alkyl halides is 1. The van der Waals surface area contributed by atoms with E-state index in [0.29, 0.717) is 48.7 Å². The van der Waals surface area contributed by atoms with Crippen molar-refractivity contribution < 1.29 is 9.18 Å². The molecule has 0 bridgehead atoms. The second kappa shape index (κ2) is 10.3. The first-order valence-electron chi connectivity index (χ1n) is 11.3. The fraction of sp³-hybridized carbons (Fsp3) is 0.360. The molecule has 9 nitrogen and oxygen atoms in total. The highest BCUT2D eigenvalue weighted by Crippen LogP contribution is 2.28. The van der Waals surface area contributed by atoms with Crippen molar-refractivity contribution in [2.75, 3.05) is 18.4 Å². The number of likely N-dealkylation sites (tertiary alicyclic amines) is 1. The van der Waals surface area contributed by atoms with E-state index in [2.05, 4.69) is 32.5 Å². The van der Waals surface area contributed by atoms with Gasteiger partial charge in [0.15, 0.2) is 0 Å². The molecule has 0 radical (unpaired) electrons. The first-order valence-corrected chi connectivity index (χ1v) is 11.3. The van der Waals surface area contributed by atoms with Crippen LogP contribution in [0, 0.1) is 22.7 Å². The van der Waals surface area contributed by atoms with Gasteiger partial charge in [-0.05, 0) is 50.1 Å². The molecule has 0 spiro atoms. The van der Waals surface area contributed by atoms with Gasteiger partial charge in [-0.1, -0.05) is 0 Å². The van der Waals surface area contributed by atoms with E-state index >= 15 is 0 Å². The number of rotatable bonds is 8. The molecule has 1 aliphatic heterocycles. The van der Waals surface area contributed by atoms with Gasteiger partial charge in [0.25, 0.3) is 5.91 Å². The van der Waals surface area contributed by atoms with Gasteiger partial charge in [0.05, 0.1) is 42.5 Å². The Morgan fingerprint density at radius 2 is 2.06 bits per heavy atom. The molecular weight excluding hydrogens is 447 g/mol. The van der Waals surface area contributed by atoms with Crippen LogP contribution in [-0.4, -0.2) is 49.8 Å². The van der Waals surface area contributed by atoms with Gasteiger partial charge in [0, 0.05) is 42.2 Å². The lowest BCUT2D eigenvalue weighted by Crippen LogP contribution is -2.30. The van der Waals surface area contributed by atoms with Crippen LogP contribution < -0.4 is 5.32 Å². The first-order chi connectivity index (χ1) is 16.9. The lowest BCUT2D eigenvalue weighted by atomic mass is 9.93. The van der Waals surface area contributed by atoms with Crippen LogP contribution >= 0.6 is 0 Å². The van der Waals surface area contributed by atoms with Crippen LogP contribution in [0.4, 0.5) is 16.0 Å². The molecule has 1 N–H and O–H groups in total. The number of hydrogen-bond donors (Lipinski definition) is 1. The molecule has 1 saturated heterocycles. The third-order valence-electron chi connectivity index (χ3n) is 6.13. The van der Waals surface area contributed by atoms with Gasteiger partial charge in [-0.3, -0.25) is 9.48 Å². The van der Waals surface area contributed by atoms with Crippen LogP contribution in [0.5, 0.6) is 0 Å².